The van der Waals surface area contributed by atoms with Gasteiger partial charge in [-0.15, -0.1) is 0 Å². The molecule has 0 saturated carbocycles. The zero-order chi connectivity index (χ0) is 25.7. The van der Waals surface area contributed by atoms with Crippen molar-refractivity contribution >= 4 is 21.9 Å². The minimum Gasteiger partial charge on any atom is -0.507 e. The van der Waals surface area contributed by atoms with Gasteiger partial charge in [0.1, 0.15) is 11.6 Å². The van der Waals surface area contributed by atoms with Crippen LogP contribution in [0.3, 0.4) is 0 Å². The van der Waals surface area contributed by atoms with Gasteiger partial charge in [0.15, 0.2) is 0 Å². The molecule has 2 heterocycles. The first-order valence-corrected chi connectivity index (χ1v) is 12.5. The monoisotopic (exact) mass is 483 g/mol. The van der Waals surface area contributed by atoms with Crippen molar-refractivity contribution in [2.75, 3.05) is 0 Å². The molecule has 4 heteroatoms. The van der Waals surface area contributed by atoms with Gasteiger partial charge in [0.05, 0.1) is 22.1 Å². The summed E-state index contributed by atoms with van der Waals surface area (Å²) in [6.45, 7) is 6.53. The maximum absolute atomic E-state index is 10.8. The van der Waals surface area contributed by atoms with Gasteiger partial charge in [0.2, 0.25) is 0 Å². The Hall–Kier alpha value is -4.44. The van der Waals surface area contributed by atoms with E-state index in [1.807, 2.05) is 25.4 Å². The molecule has 0 aliphatic carbocycles. The Kier molecular flexibility index (Phi) is 5.34. The van der Waals surface area contributed by atoms with Gasteiger partial charge in [-0.05, 0) is 52.4 Å². The van der Waals surface area contributed by atoms with E-state index in [-0.39, 0.29) is 11.2 Å². The van der Waals surface area contributed by atoms with Gasteiger partial charge in [0.25, 0.3) is 0 Å². The number of phenols is 1. The van der Waals surface area contributed by atoms with Gasteiger partial charge in [-0.25, -0.2) is 4.98 Å². The highest BCUT2D eigenvalue weighted by atomic mass is 16.3. The van der Waals surface area contributed by atoms with Crippen molar-refractivity contribution in [2.24, 2.45) is 7.05 Å². The first-order valence-electron chi connectivity index (χ1n) is 12.5. The number of pyridine rings is 1. The van der Waals surface area contributed by atoms with Crippen LogP contribution in [-0.4, -0.2) is 19.6 Å². The highest BCUT2D eigenvalue weighted by Gasteiger charge is 2.20. The molecule has 4 aromatic carbocycles. The number of benzene rings is 4. The lowest BCUT2D eigenvalue weighted by atomic mass is 9.86. The molecule has 1 N–H and O–H groups in total. The molecular formula is C33H29N3O. The minimum atomic E-state index is -0.0326. The standard InChI is InChI=1S/C33H29N3O/c1-33(2,3)24-16-17-29(37)27(20-24)32-35-31-26(14-7-15-28(31)36(32)4)23-11-5-10-22(19-23)25-13-6-9-21-12-8-18-34-30(21)25/h5-20,37H,1-4H3. The van der Waals surface area contributed by atoms with Crippen molar-refractivity contribution in [1.82, 2.24) is 14.5 Å². The van der Waals surface area contributed by atoms with E-state index in [4.69, 9.17) is 4.98 Å². The SMILES string of the molecule is Cn1c(-c2cc(C(C)(C)C)ccc2O)nc2c(-c3cccc(-c4cccc5cccnc45)c3)cccc21. The molecule has 6 rings (SSSR count). The molecule has 4 nitrogen and oxygen atoms in total. The minimum absolute atomic E-state index is 0.0326. The third-order valence-electron chi connectivity index (χ3n) is 7.13. The average molecular weight is 484 g/mol. The number of imidazole rings is 1. The van der Waals surface area contributed by atoms with E-state index >= 15 is 0 Å². The first kappa shape index (κ1) is 23.0. The predicted octanol–water partition coefficient (Wildman–Crippen LogP) is 8.13. The molecule has 0 fully saturated rings. The Labute approximate surface area is 216 Å². The predicted molar refractivity (Wildman–Crippen MR) is 153 cm³/mol. The highest BCUT2D eigenvalue weighted by molar-refractivity contribution is 5.97. The fourth-order valence-corrected chi connectivity index (χ4v) is 5.06. The summed E-state index contributed by atoms with van der Waals surface area (Å²) in [5.41, 5.74) is 9.16. The molecule has 0 atom stereocenters. The zero-order valence-electron chi connectivity index (χ0n) is 21.5. The van der Waals surface area contributed by atoms with E-state index in [0.717, 1.165) is 61.1 Å². The number of hydrogen-bond acceptors (Lipinski definition) is 3. The van der Waals surface area contributed by atoms with Crippen LogP contribution in [0.5, 0.6) is 5.75 Å². The summed E-state index contributed by atoms with van der Waals surface area (Å²) in [5.74, 6) is 0.985. The van der Waals surface area contributed by atoms with E-state index in [2.05, 4.69) is 103 Å². The number of aromatic hydroxyl groups is 1. The molecule has 0 aliphatic rings. The summed E-state index contributed by atoms with van der Waals surface area (Å²) >= 11 is 0. The summed E-state index contributed by atoms with van der Waals surface area (Å²) < 4.78 is 2.07. The maximum Gasteiger partial charge on any atom is 0.144 e. The normalized spacial score (nSPS) is 11.9. The first-order chi connectivity index (χ1) is 17.8. The summed E-state index contributed by atoms with van der Waals surface area (Å²) in [4.78, 5) is 9.74. The van der Waals surface area contributed by atoms with Crippen LogP contribution in [-0.2, 0) is 12.5 Å². The lowest BCUT2D eigenvalue weighted by Crippen LogP contribution is -2.11. The van der Waals surface area contributed by atoms with Crippen LogP contribution in [0.2, 0.25) is 0 Å². The molecule has 6 aromatic rings. The number of nitrogens with zero attached hydrogens (tertiary/aromatic N) is 3. The molecule has 0 radical (unpaired) electrons. The maximum atomic E-state index is 10.8. The lowest BCUT2D eigenvalue weighted by Gasteiger charge is -2.20. The third-order valence-corrected chi connectivity index (χ3v) is 7.13. The second-order valence-electron chi connectivity index (χ2n) is 10.6. The van der Waals surface area contributed by atoms with Crippen molar-refractivity contribution in [3.05, 3.63) is 103 Å². The van der Waals surface area contributed by atoms with E-state index < -0.39 is 0 Å². The topological polar surface area (TPSA) is 50.9 Å². The van der Waals surface area contributed by atoms with Crippen LogP contribution in [0.25, 0.3) is 55.6 Å². The van der Waals surface area contributed by atoms with Crippen molar-refractivity contribution in [2.45, 2.75) is 26.2 Å². The summed E-state index contributed by atoms with van der Waals surface area (Å²) in [7, 11) is 2.01. The Bertz CT molecular complexity index is 1780. The summed E-state index contributed by atoms with van der Waals surface area (Å²) in [6, 6.07) is 31.0. The van der Waals surface area contributed by atoms with Gasteiger partial charge < -0.3 is 9.67 Å². The molecule has 0 amide bonds. The van der Waals surface area contributed by atoms with Gasteiger partial charge in [0, 0.05) is 29.8 Å². The van der Waals surface area contributed by atoms with Gasteiger partial charge >= 0.3 is 0 Å². The molecule has 37 heavy (non-hydrogen) atoms. The molecule has 0 unspecified atom stereocenters. The Balaban J connectivity index is 1.52. The summed E-state index contributed by atoms with van der Waals surface area (Å²) in [6.07, 6.45) is 1.84. The molecule has 0 spiro atoms. The number of para-hydroxylation sites is 2. The summed E-state index contributed by atoms with van der Waals surface area (Å²) in [5, 5.41) is 11.9. The quantitative estimate of drug-likeness (QED) is 0.276. The van der Waals surface area contributed by atoms with Crippen LogP contribution >= 0.6 is 0 Å². The van der Waals surface area contributed by atoms with Crippen LogP contribution in [0, 0.1) is 0 Å². The van der Waals surface area contributed by atoms with Gasteiger partial charge in [-0.3, -0.25) is 4.98 Å². The van der Waals surface area contributed by atoms with Gasteiger partial charge in [-0.2, -0.15) is 0 Å². The fraction of sp³-hybridized carbons (Fsp3) is 0.152. The van der Waals surface area contributed by atoms with Crippen molar-refractivity contribution in [3.63, 3.8) is 0 Å². The lowest BCUT2D eigenvalue weighted by molar-refractivity contribution is 0.475. The van der Waals surface area contributed by atoms with E-state index in [1.54, 1.807) is 6.07 Å². The number of aromatic nitrogens is 3. The van der Waals surface area contributed by atoms with Gasteiger partial charge in [-0.1, -0.05) is 81.4 Å². The number of phenolic OH excluding ortho intramolecular Hbond substituents is 1. The second kappa shape index (κ2) is 8.59. The average Bonchev–Trinajstić information content (AvgIpc) is 3.24. The Morgan fingerprint density at radius 3 is 2.14 bits per heavy atom. The molecular weight excluding hydrogens is 454 g/mol. The molecule has 2 aromatic heterocycles. The molecule has 0 aliphatic heterocycles. The number of fused-ring (bicyclic) bond motifs is 2. The highest BCUT2D eigenvalue weighted by Crippen LogP contribution is 2.38. The van der Waals surface area contributed by atoms with Crippen LogP contribution in [0.15, 0.2) is 97.2 Å². The van der Waals surface area contributed by atoms with Crippen molar-refractivity contribution in [3.8, 4) is 39.4 Å². The number of hydrogen-bond donors (Lipinski definition) is 1. The largest absolute Gasteiger partial charge is 0.507 e. The Morgan fingerprint density at radius 2 is 1.38 bits per heavy atom. The van der Waals surface area contributed by atoms with Crippen molar-refractivity contribution in [1.29, 1.82) is 0 Å². The molecule has 0 bridgehead atoms. The molecule has 0 saturated heterocycles. The van der Waals surface area contributed by atoms with E-state index in [0.29, 0.717) is 0 Å². The van der Waals surface area contributed by atoms with Crippen molar-refractivity contribution < 1.29 is 5.11 Å². The third kappa shape index (κ3) is 3.95. The fourth-order valence-electron chi connectivity index (χ4n) is 5.06. The number of aryl methyl sites for hydroxylation is 1. The van der Waals surface area contributed by atoms with E-state index in [9.17, 15) is 5.11 Å². The van der Waals surface area contributed by atoms with Crippen LogP contribution < -0.4 is 0 Å². The zero-order valence-corrected chi connectivity index (χ0v) is 21.5. The van der Waals surface area contributed by atoms with Crippen LogP contribution in [0.1, 0.15) is 26.3 Å². The molecule has 182 valence electrons. The number of rotatable bonds is 3. The second-order valence-corrected chi connectivity index (χ2v) is 10.6. The van der Waals surface area contributed by atoms with E-state index in [1.165, 1.54) is 0 Å². The van der Waals surface area contributed by atoms with Crippen LogP contribution in [0.4, 0.5) is 0 Å². The Morgan fingerprint density at radius 1 is 0.703 bits per heavy atom. The smallest absolute Gasteiger partial charge is 0.144 e.